The molecule has 0 aliphatic carbocycles. The molecule has 0 saturated heterocycles. The lowest BCUT2D eigenvalue weighted by molar-refractivity contribution is 0.900. The van der Waals surface area contributed by atoms with Gasteiger partial charge in [-0.2, -0.15) is 0 Å². The predicted molar refractivity (Wildman–Crippen MR) is 186 cm³/mol. The molecule has 40 heavy (non-hydrogen) atoms. The van der Waals surface area contributed by atoms with Gasteiger partial charge in [-0.25, -0.2) is 0 Å². The van der Waals surface area contributed by atoms with Crippen LogP contribution in [0.2, 0.25) is 0 Å². The van der Waals surface area contributed by atoms with Crippen LogP contribution >= 0.6 is 0 Å². The van der Waals surface area contributed by atoms with E-state index in [-0.39, 0.29) is 0 Å². The lowest BCUT2D eigenvalue weighted by Gasteiger charge is -2.02. The molecule has 0 amide bonds. The van der Waals surface area contributed by atoms with Crippen molar-refractivity contribution < 1.29 is 0 Å². The Morgan fingerprint density at radius 2 is 0.675 bits per heavy atom. The van der Waals surface area contributed by atoms with Crippen LogP contribution in [0, 0.1) is 0 Å². The van der Waals surface area contributed by atoms with Crippen LogP contribution in [0.15, 0.2) is 130 Å². The zero-order valence-corrected chi connectivity index (χ0v) is 27.7. The fraction of sp³-hybridized carbons (Fsp3) is 0.450. The molecule has 0 unspecified atom stereocenters. The van der Waals surface area contributed by atoms with E-state index in [1.165, 1.54) is 57.4 Å². The van der Waals surface area contributed by atoms with Crippen molar-refractivity contribution in [3.8, 4) is 0 Å². The van der Waals surface area contributed by atoms with Gasteiger partial charge in [-0.15, -0.1) is 0 Å². The highest BCUT2D eigenvalue weighted by atomic mass is 14.0. The molecular weight excluding hydrogens is 480 g/mol. The Balaban J connectivity index is 4.48. The van der Waals surface area contributed by atoms with Crippen LogP contribution < -0.4 is 0 Å². The number of allylic oxidation sites excluding steroid dienone is 22. The van der Waals surface area contributed by atoms with Crippen molar-refractivity contribution in [2.24, 2.45) is 0 Å². The summed E-state index contributed by atoms with van der Waals surface area (Å²) in [6.07, 6.45) is 40.3. The molecular formula is C40H60. The molecule has 0 N–H and O–H groups in total. The fourth-order valence-electron chi connectivity index (χ4n) is 3.89. The molecule has 0 heteroatoms. The van der Waals surface area contributed by atoms with E-state index in [4.69, 9.17) is 0 Å². The van der Waals surface area contributed by atoms with E-state index in [1.54, 1.807) is 0 Å². The lowest BCUT2D eigenvalue weighted by atomic mass is 10.0. The fourth-order valence-corrected chi connectivity index (χ4v) is 3.89. The number of rotatable bonds is 18. The third-order valence-corrected chi connectivity index (χ3v) is 6.55. The van der Waals surface area contributed by atoms with Crippen molar-refractivity contribution in [1.82, 2.24) is 0 Å². The summed E-state index contributed by atoms with van der Waals surface area (Å²) in [7, 11) is 0. The average Bonchev–Trinajstić information content (AvgIpc) is 2.86. The van der Waals surface area contributed by atoms with E-state index in [9.17, 15) is 0 Å². The first kappa shape index (κ1) is 37.1. The van der Waals surface area contributed by atoms with Gasteiger partial charge in [0, 0.05) is 0 Å². The van der Waals surface area contributed by atoms with Gasteiger partial charge in [0.1, 0.15) is 0 Å². The van der Waals surface area contributed by atoms with Gasteiger partial charge in [0.05, 0.1) is 0 Å². The Hall–Kier alpha value is -2.86. The Bertz CT molecular complexity index is 1050. The van der Waals surface area contributed by atoms with Gasteiger partial charge in [0.2, 0.25) is 0 Å². The Morgan fingerprint density at radius 3 is 1.12 bits per heavy atom. The molecule has 0 spiro atoms. The minimum absolute atomic E-state index is 1.11. The predicted octanol–water partition coefficient (Wildman–Crippen LogP) is 13.4. The van der Waals surface area contributed by atoms with Gasteiger partial charge in [0.15, 0.2) is 0 Å². The molecule has 0 aromatic carbocycles. The van der Waals surface area contributed by atoms with Crippen molar-refractivity contribution in [2.45, 2.75) is 121 Å². The summed E-state index contributed by atoms with van der Waals surface area (Å²) >= 11 is 0. The summed E-state index contributed by atoms with van der Waals surface area (Å²) in [6.45, 7) is 21.9. The first-order valence-electron chi connectivity index (χ1n) is 15.3. The molecule has 0 fully saturated rings. The standard InChI is InChI=1S/C40H60/c1-33(2)19-13-23-37(7)27-17-31-39(9)29-15-25-35(5)21-11-12-22-36(6)26-16-30-40(10)32-18-28-38(8)24-14-20-34(3)4/h11-12,15,17,19-22,25,27-31H,13-14,16,18,23-24,26,32H2,1-10H3/b12-11+,25-15+,31-17+,35-21+,36-22+,37-27+,38-28+,39-29+,40-30-. The minimum atomic E-state index is 1.11. The first-order valence-corrected chi connectivity index (χ1v) is 15.3. The molecule has 0 nitrogen and oxygen atoms in total. The molecule has 0 bridgehead atoms. The Labute approximate surface area is 249 Å². The normalized spacial score (nSPS) is 14.7. The highest BCUT2D eigenvalue weighted by molar-refractivity contribution is 5.30. The van der Waals surface area contributed by atoms with Crippen LogP contribution in [0.1, 0.15) is 121 Å². The third-order valence-electron chi connectivity index (χ3n) is 6.55. The van der Waals surface area contributed by atoms with Gasteiger partial charge in [-0.05, 0) is 121 Å². The van der Waals surface area contributed by atoms with Crippen LogP contribution in [0.25, 0.3) is 0 Å². The van der Waals surface area contributed by atoms with Crippen LogP contribution in [0.4, 0.5) is 0 Å². The van der Waals surface area contributed by atoms with Gasteiger partial charge in [-0.3, -0.25) is 0 Å². The van der Waals surface area contributed by atoms with E-state index in [2.05, 4.69) is 154 Å². The highest BCUT2D eigenvalue weighted by Crippen LogP contribution is 2.14. The van der Waals surface area contributed by atoms with Gasteiger partial charge >= 0.3 is 0 Å². The SMILES string of the molecule is CC(C)=CCC/C(C)=C/C=C/C(C)=C/C=C/C(C)=C/C=C/C=C(\C)CC/C=C(/C)CC/C=C(\C)CCC=C(C)C. The topological polar surface area (TPSA) is 0 Å². The van der Waals surface area contributed by atoms with Crippen LogP contribution in [0.5, 0.6) is 0 Å². The lowest BCUT2D eigenvalue weighted by Crippen LogP contribution is -1.82. The maximum atomic E-state index is 2.42. The molecule has 0 aliphatic heterocycles. The molecule has 0 rings (SSSR count). The second kappa shape index (κ2) is 24.0. The average molecular weight is 541 g/mol. The van der Waals surface area contributed by atoms with Crippen molar-refractivity contribution in [3.05, 3.63) is 130 Å². The van der Waals surface area contributed by atoms with E-state index in [0.29, 0.717) is 0 Å². The smallest absolute Gasteiger partial charge is 0.0285 e. The third kappa shape index (κ3) is 25.4. The van der Waals surface area contributed by atoms with Crippen LogP contribution in [-0.4, -0.2) is 0 Å². The Morgan fingerprint density at radius 1 is 0.350 bits per heavy atom. The largest absolute Gasteiger partial charge is 0.0856 e. The van der Waals surface area contributed by atoms with Crippen molar-refractivity contribution in [3.63, 3.8) is 0 Å². The maximum absolute atomic E-state index is 2.42. The van der Waals surface area contributed by atoms with Gasteiger partial charge < -0.3 is 0 Å². The summed E-state index contributed by atoms with van der Waals surface area (Å²) in [6, 6.07) is 0. The minimum Gasteiger partial charge on any atom is -0.0856 e. The molecule has 0 aromatic rings. The summed E-state index contributed by atoms with van der Waals surface area (Å²) in [5.74, 6) is 0. The zero-order chi connectivity index (χ0) is 30.2. The molecule has 0 saturated carbocycles. The van der Waals surface area contributed by atoms with E-state index in [1.807, 2.05) is 0 Å². The van der Waals surface area contributed by atoms with Crippen molar-refractivity contribution >= 4 is 0 Å². The number of hydrogen-bond acceptors (Lipinski definition) is 0. The second-order valence-electron chi connectivity index (χ2n) is 11.8. The van der Waals surface area contributed by atoms with Gasteiger partial charge in [-0.1, -0.05) is 130 Å². The molecule has 0 atom stereocenters. The highest BCUT2D eigenvalue weighted by Gasteiger charge is 1.93. The van der Waals surface area contributed by atoms with E-state index >= 15 is 0 Å². The molecule has 0 heterocycles. The van der Waals surface area contributed by atoms with Gasteiger partial charge in [0.25, 0.3) is 0 Å². The summed E-state index contributed by atoms with van der Waals surface area (Å²) in [4.78, 5) is 0. The molecule has 0 aliphatic rings. The first-order chi connectivity index (χ1) is 19.0. The monoisotopic (exact) mass is 540 g/mol. The summed E-state index contributed by atoms with van der Waals surface area (Å²) < 4.78 is 0. The summed E-state index contributed by atoms with van der Waals surface area (Å²) in [5, 5.41) is 0. The summed E-state index contributed by atoms with van der Waals surface area (Å²) in [5.41, 5.74) is 11.1. The zero-order valence-electron chi connectivity index (χ0n) is 27.7. The molecule has 0 radical (unpaired) electrons. The van der Waals surface area contributed by atoms with Crippen LogP contribution in [0.3, 0.4) is 0 Å². The van der Waals surface area contributed by atoms with Crippen molar-refractivity contribution in [2.75, 3.05) is 0 Å². The Kier molecular flexibility index (Phi) is 22.3. The second-order valence-corrected chi connectivity index (χ2v) is 11.8. The van der Waals surface area contributed by atoms with E-state index < -0.39 is 0 Å². The quantitative estimate of drug-likeness (QED) is 0.120. The van der Waals surface area contributed by atoms with Crippen LogP contribution in [-0.2, 0) is 0 Å². The molecule has 220 valence electrons. The molecule has 0 aromatic heterocycles. The van der Waals surface area contributed by atoms with Crippen molar-refractivity contribution in [1.29, 1.82) is 0 Å². The number of hydrogen-bond donors (Lipinski definition) is 0. The van der Waals surface area contributed by atoms with E-state index in [0.717, 1.165) is 38.5 Å². The maximum Gasteiger partial charge on any atom is -0.0285 e.